The van der Waals surface area contributed by atoms with Gasteiger partial charge in [-0.3, -0.25) is 15.0 Å². The third-order valence-corrected chi connectivity index (χ3v) is 4.20. The second kappa shape index (κ2) is 9.04. The summed E-state index contributed by atoms with van der Waals surface area (Å²) in [7, 11) is 0. The Morgan fingerprint density at radius 1 is 1.11 bits per heavy atom. The highest BCUT2D eigenvalue weighted by Crippen LogP contribution is 2.28. The lowest BCUT2D eigenvalue weighted by Crippen LogP contribution is -1.98. The second-order valence-corrected chi connectivity index (χ2v) is 6.59. The highest BCUT2D eigenvalue weighted by molar-refractivity contribution is 5.84. The molecule has 0 aromatic carbocycles. The molecule has 138 valence electrons. The Balaban J connectivity index is 2.46. The van der Waals surface area contributed by atoms with E-state index in [1.54, 1.807) is 12.3 Å². The molecule has 3 heteroatoms. The third-order valence-electron chi connectivity index (χ3n) is 4.20. The fourth-order valence-corrected chi connectivity index (χ4v) is 2.74. The van der Waals surface area contributed by atoms with Gasteiger partial charge in [0.1, 0.15) is 0 Å². The van der Waals surface area contributed by atoms with Crippen LogP contribution in [0.1, 0.15) is 48.8 Å². The number of rotatable bonds is 6. The summed E-state index contributed by atoms with van der Waals surface area (Å²) < 4.78 is 0. The number of aliphatic imine (C=N–C) groups is 1. The molecule has 2 heterocycles. The van der Waals surface area contributed by atoms with Crippen LogP contribution in [0.5, 0.6) is 0 Å². The van der Waals surface area contributed by atoms with Crippen LogP contribution in [0.2, 0.25) is 0 Å². The third kappa shape index (κ3) is 4.98. The largest absolute Gasteiger partial charge is 0.260 e. The molecule has 0 aliphatic rings. The summed E-state index contributed by atoms with van der Waals surface area (Å²) in [4.78, 5) is 13.7. The summed E-state index contributed by atoms with van der Waals surface area (Å²) in [6.45, 7) is 18.0. The molecule has 27 heavy (non-hydrogen) atoms. The van der Waals surface area contributed by atoms with Crippen molar-refractivity contribution in [2.75, 3.05) is 0 Å². The van der Waals surface area contributed by atoms with E-state index >= 15 is 0 Å². The molecule has 2 aromatic heterocycles. The topological polar surface area (TPSA) is 38.1 Å². The first-order valence-electron chi connectivity index (χ1n) is 8.98. The Morgan fingerprint density at radius 2 is 1.85 bits per heavy atom. The highest BCUT2D eigenvalue weighted by atomic mass is 14.8. The summed E-state index contributed by atoms with van der Waals surface area (Å²) in [6, 6.07) is 4.15. The number of pyridine rings is 2. The van der Waals surface area contributed by atoms with E-state index in [0.717, 1.165) is 50.6 Å². The number of hydrogen-bond acceptors (Lipinski definition) is 3. The van der Waals surface area contributed by atoms with Crippen molar-refractivity contribution in [3.63, 3.8) is 0 Å². The molecule has 0 saturated heterocycles. The molecule has 0 fully saturated rings. The molecule has 0 saturated carbocycles. The van der Waals surface area contributed by atoms with Gasteiger partial charge in [-0.15, -0.1) is 0 Å². The predicted molar refractivity (Wildman–Crippen MR) is 118 cm³/mol. The van der Waals surface area contributed by atoms with Crippen LogP contribution in [0.25, 0.3) is 11.1 Å². The molecule has 3 nitrogen and oxygen atoms in total. The van der Waals surface area contributed by atoms with Gasteiger partial charge in [0, 0.05) is 34.3 Å². The Bertz CT molecular complexity index is 956. The molecule has 2 aromatic rings. The van der Waals surface area contributed by atoms with E-state index in [2.05, 4.69) is 40.3 Å². The van der Waals surface area contributed by atoms with Crippen LogP contribution in [-0.4, -0.2) is 15.7 Å². The van der Waals surface area contributed by atoms with Crippen molar-refractivity contribution >= 4 is 22.5 Å². The molecule has 0 amide bonds. The Hall–Kier alpha value is -3.07. The van der Waals surface area contributed by atoms with Crippen LogP contribution in [0.15, 0.2) is 67.0 Å². The van der Waals surface area contributed by atoms with Gasteiger partial charge in [0.15, 0.2) is 0 Å². The SMILES string of the molecule is C=C/C=C\C(=C/C)c1cnc(C)c(C(=C)c2cc(C)c(N=C(C)C)cn2)c1. The zero-order chi connectivity index (χ0) is 20.0. The van der Waals surface area contributed by atoms with Gasteiger partial charge < -0.3 is 0 Å². The van der Waals surface area contributed by atoms with Gasteiger partial charge in [-0.05, 0) is 57.9 Å². The van der Waals surface area contributed by atoms with Crippen molar-refractivity contribution in [2.24, 2.45) is 4.99 Å². The Morgan fingerprint density at radius 3 is 2.44 bits per heavy atom. The van der Waals surface area contributed by atoms with Crippen molar-refractivity contribution in [1.82, 2.24) is 9.97 Å². The number of hydrogen-bond donors (Lipinski definition) is 0. The van der Waals surface area contributed by atoms with Crippen molar-refractivity contribution in [1.29, 1.82) is 0 Å². The van der Waals surface area contributed by atoms with Gasteiger partial charge in [-0.25, -0.2) is 0 Å². The standard InChI is InChI=1S/C24H27N3/c1-8-10-11-20(9-2)21-13-22(19(7)25-14-21)18(6)23-12-17(5)24(15-26-23)27-16(3)4/h8-15H,1,6H2,2-5,7H3/b11-10-,20-9+. The van der Waals surface area contributed by atoms with Crippen LogP contribution < -0.4 is 0 Å². The highest BCUT2D eigenvalue weighted by Gasteiger charge is 2.11. The zero-order valence-corrected chi connectivity index (χ0v) is 16.9. The Labute approximate surface area is 162 Å². The Kier molecular flexibility index (Phi) is 6.78. The minimum Gasteiger partial charge on any atom is -0.260 e. The lowest BCUT2D eigenvalue weighted by molar-refractivity contribution is 1.16. The van der Waals surface area contributed by atoms with Gasteiger partial charge in [-0.1, -0.05) is 37.5 Å². The number of aryl methyl sites for hydroxylation is 2. The average Bonchev–Trinajstić information content (AvgIpc) is 2.64. The molecule has 0 aliphatic heterocycles. The lowest BCUT2D eigenvalue weighted by atomic mass is 9.97. The zero-order valence-electron chi connectivity index (χ0n) is 16.9. The van der Waals surface area contributed by atoms with E-state index in [1.807, 2.05) is 59.0 Å². The van der Waals surface area contributed by atoms with Gasteiger partial charge in [0.25, 0.3) is 0 Å². The van der Waals surface area contributed by atoms with Gasteiger partial charge >= 0.3 is 0 Å². The molecule has 0 atom stereocenters. The number of allylic oxidation sites excluding steroid dienone is 5. The summed E-state index contributed by atoms with van der Waals surface area (Å²) in [5.41, 5.74) is 8.72. The van der Waals surface area contributed by atoms with Crippen LogP contribution in [0, 0.1) is 13.8 Å². The van der Waals surface area contributed by atoms with E-state index in [9.17, 15) is 0 Å². The van der Waals surface area contributed by atoms with E-state index in [0.29, 0.717) is 0 Å². The minimum atomic E-state index is 0.839. The van der Waals surface area contributed by atoms with Crippen LogP contribution in [0.3, 0.4) is 0 Å². The molecule has 2 rings (SSSR count). The van der Waals surface area contributed by atoms with Gasteiger partial charge in [0.05, 0.1) is 17.6 Å². The summed E-state index contributed by atoms with van der Waals surface area (Å²) >= 11 is 0. The monoisotopic (exact) mass is 357 g/mol. The van der Waals surface area contributed by atoms with E-state index in [4.69, 9.17) is 0 Å². The first kappa shape index (κ1) is 20.2. The van der Waals surface area contributed by atoms with E-state index < -0.39 is 0 Å². The fourth-order valence-electron chi connectivity index (χ4n) is 2.74. The molecule has 0 unspecified atom stereocenters. The van der Waals surface area contributed by atoms with Crippen molar-refractivity contribution in [2.45, 2.75) is 34.6 Å². The first-order valence-corrected chi connectivity index (χ1v) is 8.98. The van der Waals surface area contributed by atoms with Gasteiger partial charge in [-0.2, -0.15) is 0 Å². The summed E-state index contributed by atoms with van der Waals surface area (Å²) in [6.07, 6.45) is 11.5. The fraction of sp³-hybridized carbons (Fsp3) is 0.208. The molecular formula is C24H27N3. The quantitative estimate of drug-likeness (QED) is 0.442. The maximum atomic E-state index is 4.58. The summed E-state index contributed by atoms with van der Waals surface area (Å²) in [5.74, 6) is 0. The lowest BCUT2D eigenvalue weighted by Gasteiger charge is -2.12. The number of aromatic nitrogens is 2. The number of nitrogens with zero attached hydrogens (tertiary/aromatic N) is 3. The predicted octanol–water partition coefficient (Wildman–Crippen LogP) is 6.41. The van der Waals surface area contributed by atoms with Crippen LogP contribution in [0.4, 0.5) is 5.69 Å². The van der Waals surface area contributed by atoms with E-state index in [1.165, 1.54) is 0 Å². The molecule has 0 spiro atoms. The van der Waals surface area contributed by atoms with Gasteiger partial charge in [0.2, 0.25) is 0 Å². The van der Waals surface area contributed by atoms with Crippen molar-refractivity contribution in [3.05, 3.63) is 90.1 Å². The van der Waals surface area contributed by atoms with Crippen LogP contribution >= 0.6 is 0 Å². The normalized spacial score (nSPS) is 11.5. The van der Waals surface area contributed by atoms with Crippen molar-refractivity contribution in [3.8, 4) is 0 Å². The van der Waals surface area contributed by atoms with Crippen LogP contribution in [-0.2, 0) is 0 Å². The van der Waals surface area contributed by atoms with E-state index in [-0.39, 0.29) is 0 Å². The molecule has 0 aliphatic carbocycles. The molecule has 0 N–H and O–H groups in total. The molecule has 0 bridgehead atoms. The summed E-state index contributed by atoms with van der Waals surface area (Å²) in [5, 5.41) is 0. The minimum absolute atomic E-state index is 0.839. The second-order valence-electron chi connectivity index (χ2n) is 6.59. The van der Waals surface area contributed by atoms with Crippen molar-refractivity contribution < 1.29 is 0 Å². The maximum Gasteiger partial charge on any atom is 0.0841 e. The molecule has 0 radical (unpaired) electrons. The average molecular weight is 358 g/mol. The first-order chi connectivity index (χ1) is 12.9. The molecular weight excluding hydrogens is 330 g/mol. The maximum absolute atomic E-state index is 4.58. The smallest absolute Gasteiger partial charge is 0.0841 e.